The Labute approximate surface area is 120 Å². The van der Waals surface area contributed by atoms with Gasteiger partial charge in [-0.1, -0.05) is 6.42 Å². The van der Waals surface area contributed by atoms with Gasteiger partial charge in [0.15, 0.2) is 0 Å². The number of rotatable bonds is 5. The van der Waals surface area contributed by atoms with Gasteiger partial charge in [0, 0.05) is 24.7 Å². The van der Waals surface area contributed by atoms with Crippen LogP contribution < -0.4 is 11.3 Å². The first kappa shape index (κ1) is 15.4. The summed E-state index contributed by atoms with van der Waals surface area (Å²) in [7, 11) is -2.95. The van der Waals surface area contributed by atoms with Crippen molar-refractivity contribution in [2.75, 3.05) is 6.26 Å². The molecule has 3 unspecified atom stereocenters. The molecule has 1 aliphatic carbocycles. The molecule has 5 nitrogen and oxygen atoms in total. The van der Waals surface area contributed by atoms with Crippen LogP contribution in [0.2, 0.25) is 0 Å². The average molecular weight is 297 g/mol. The Kier molecular flexibility index (Phi) is 5.12. The number of hydrogen-bond acceptors (Lipinski definition) is 5. The Morgan fingerprint density at radius 1 is 1.40 bits per heavy atom. The normalized spacial score (nSPS) is 25.3. The van der Waals surface area contributed by atoms with Crippen LogP contribution in [0.3, 0.4) is 0 Å². The Balaban J connectivity index is 2.04. The molecule has 0 aliphatic heterocycles. The van der Waals surface area contributed by atoms with Crippen LogP contribution in [0.4, 0.5) is 0 Å². The third-order valence-electron chi connectivity index (χ3n) is 4.26. The highest BCUT2D eigenvalue weighted by Crippen LogP contribution is 2.31. The molecule has 1 fully saturated rings. The largest absolute Gasteiger partial charge is 0.271 e. The van der Waals surface area contributed by atoms with Gasteiger partial charge >= 0.3 is 0 Å². The summed E-state index contributed by atoms with van der Waals surface area (Å²) < 4.78 is 23.5. The van der Waals surface area contributed by atoms with Gasteiger partial charge in [-0.3, -0.25) is 16.3 Å². The van der Waals surface area contributed by atoms with Crippen molar-refractivity contribution in [1.82, 2.24) is 10.4 Å². The van der Waals surface area contributed by atoms with Gasteiger partial charge in [0.05, 0.1) is 5.25 Å². The molecule has 112 valence electrons. The number of sulfone groups is 1. The Hall–Kier alpha value is -0.980. The molecule has 1 aromatic rings. The van der Waals surface area contributed by atoms with Gasteiger partial charge in [-0.2, -0.15) is 0 Å². The van der Waals surface area contributed by atoms with Gasteiger partial charge in [-0.25, -0.2) is 8.42 Å². The summed E-state index contributed by atoms with van der Waals surface area (Å²) in [4.78, 5) is 4.00. The highest BCUT2D eigenvalue weighted by atomic mass is 32.2. The second-order valence-electron chi connectivity index (χ2n) is 5.71. The molecular weight excluding hydrogens is 274 g/mol. The lowest BCUT2D eigenvalue weighted by Gasteiger charge is -2.33. The van der Waals surface area contributed by atoms with Gasteiger partial charge in [-0.15, -0.1) is 0 Å². The summed E-state index contributed by atoms with van der Waals surface area (Å²) in [5.41, 5.74) is 4.05. The second kappa shape index (κ2) is 6.65. The van der Waals surface area contributed by atoms with Gasteiger partial charge in [0.2, 0.25) is 0 Å². The smallest absolute Gasteiger partial charge is 0.150 e. The van der Waals surface area contributed by atoms with Gasteiger partial charge in [0.25, 0.3) is 0 Å². The third-order valence-corrected chi connectivity index (χ3v) is 5.90. The Morgan fingerprint density at radius 2 is 2.10 bits per heavy atom. The zero-order chi connectivity index (χ0) is 14.6. The minimum atomic E-state index is -2.95. The van der Waals surface area contributed by atoms with Crippen molar-refractivity contribution in [1.29, 1.82) is 0 Å². The van der Waals surface area contributed by atoms with E-state index in [1.807, 2.05) is 12.1 Å². The summed E-state index contributed by atoms with van der Waals surface area (Å²) in [5, 5.41) is -0.213. The molecule has 1 aliphatic rings. The Morgan fingerprint density at radius 3 is 2.70 bits per heavy atom. The van der Waals surface area contributed by atoms with E-state index < -0.39 is 9.84 Å². The third kappa shape index (κ3) is 4.01. The van der Waals surface area contributed by atoms with Crippen molar-refractivity contribution in [2.45, 2.75) is 43.4 Å². The maximum Gasteiger partial charge on any atom is 0.150 e. The van der Waals surface area contributed by atoms with Crippen LogP contribution >= 0.6 is 0 Å². The molecule has 2 rings (SSSR count). The number of hydrogen-bond donors (Lipinski definition) is 2. The van der Waals surface area contributed by atoms with E-state index in [0.717, 1.165) is 25.7 Å². The maximum atomic E-state index is 11.7. The summed E-state index contributed by atoms with van der Waals surface area (Å²) in [5.74, 6) is 6.00. The van der Waals surface area contributed by atoms with Crippen molar-refractivity contribution in [2.24, 2.45) is 11.8 Å². The van der Waals surface area contributed by atoms with Gasteiger partial charge < -0.3 is 0 Å². The van der Waals surface area contributed by atoms with Crippen LogP contribution in [-0.2, 0) is 16.3 Å². The van der Waals surface area contributed by atoms with E-state index in [4.69, 9.17) is 5.84 Å². The van der Waals surface area contributed by atoms with E-state index >= 15 is 0 Å². The number of hydrazine groups is 1. The molecule has 0 spiro atoms. The Bertz CT molecular complexity index is 518. The fourth-order valence-electron chi connectivity index (χ4n) is 3.07. The lowest BCUT2D eigenvalue weighted by atomic mass is 9.81. The quantitative estimate of drug-likeness (QED) is 0.627. The minimum absolute atomic E-state index is 0.113. The highest BCUT2D eigenvalue weighted by Gasteiger charge is 2.32. The van der Waals surface area contributed by atoms with Crippen LogP contribution in [0, 0.1) is 5.92 Å². The van der Waals surface area contributed by atoms with Crippen molar-refractivity contribution < 1.29 is 8.42 Å². The summed E-state index contributed by atoms with van der Waals surface area (Å²) in [6.45, 7) is 0. The SMILES string of the molecule is CS(=O)(=O)C1CCCC(C(Cc2ccncc2)NN)C1. The number of pyridine rings is 1. The first-order valence-corrected chi connectivity index (χ1v) is 9.00. The van der Waals surface area contributed by atoms with Gasteiger partial charge in [-0.05, 0) is 49.3 Å². The molecule has 1 aromatic heterocycles. The number of nitrogens with one attached hydrogen (secondary N) is 1. The first-order chi connectivity index (χ1) is 9.50. The summed E-state index contributed by atoms with van der Waals surface area (Å²) >= 11 is 0. The van der Waals surface area contributed by atoms with Crippen LogP contribution in [-0.4, -0.2) is 30.9 Å². The minimum Gasteiger partial charge on any atom is -0.271 e. The summed E-state index contributed by atoms with van der Waals surface area (Å²) in [6, 6.07) is 4.06. The molecule has 0 aromatic carbocycles. The lowest BCUT2D eigenvalue weighted by molar-refractivity contribution is 0.270. The first-order valence-electron chi connectivity index (χ1n) is 7.04. The highest BCUT2D eigenvalue weighted by molar-refractivity contribution is 7.91. The molecule has 20 heavy (non-hydrogen) atoms. The van der Waals surface area contributed by atoms with E-state index in [1.54, 1.807) is 12.4 Å². The maximum absolute atomic E-state index is 11.7. The van der Waals surface area contributed by atoms with Crippen LogP contribution in [0.5, 0.6) is 0 Å². The molecule has 6 heteroatoms. The molecule has 0 bridgehead atoms. The number of aromatic nitrogens is 1. The van der Waals surface area contributed by atoms with Gasteiger partial charge in [0.1, 0.15) is 9.84 Å². The molecule has 0 saturated heterocycles. The molecule has 3 atom stereocenters. The fraction of sp³-hybridized carbons (Fsp3) is 0.643. The lowest BCUT2D eigenvalue weighted by Crippen LogP contribution is -2.45. The van der Waals surface area contributed by atoms with Crippen LogP contribution in [0.25, 0.3) is 0 Å². The van der Waals surface area contributed by atoms with E-state index in [-0.39, 0.29) is 11.3 Å². The van der Waals surface area contributed by atoms with Crippen LogP contribution in [0.1, 0.15) is 31.2 Å². The van der Waals surface area contributed by atoms with E-state index in [9.17, 15) is 8.42 Å². The number of nitrogens with zero attached hydrogens (tertiary/aromatic N) is 1. The van der Waals surface area contributed by atoms with E-state index in [0.29, 0.717) is 12.3 Å². The average Bonchev–Trinajstić information content (AvgIpc) is 2.45. The van der Waals surface area contributed by atoms with Crippen molar-refractivity contribution >= 4 is 9.84 Å². The predicted molar refractivity (Wildman–Crippen MR) is 79.6 cm³/mol. The van der Waals surface area contributed by atoms with Crippen molar-refractivity contribution in [3.63, 3.8) is 0 Å². The molecule has 3 N–H and O–H groups in total. The molecule has 0 amide bonds. The monoisotopic (exact) mass is 297 g/mol. The topological polar surface area (TPSA) is 85.1 Å². The fourth-order valence-corrected chi connectivity index (χ4v) is 4.26. The molecule has 1 saturated carbocycles. The van der Waals surface area contributed by atoms with Crippen LogP contribution in [0.15, 0.2) is 24.5 Å². The molecule has 0 radical (unpaired) electrons. The van der Waals surface area contributed by atoms with E-state index in [1.165, 1.54) is 11.8 Å². The zero-order valence-electron chi connectivity index (χ0n) is 11.8. The summed E-state index contributed by atoms with van der Waals surface area (Å²) in [6.07, 6.45) is 9.16. The molecule has 1 heterocycles. The second-order valence-corrected chi connectivity index (χ2v) is 8.04. The van der Waals surface area contributed by atoms with E-state index in [2.05, 4.69) is 10.4 Å². The number of nitrogens with two attached hydrogens (primary N) is 1. The van der Waals surface area contributed by atoms with Crippen molar-refractivity contribution in [3.8, 4) is 0 Å². The standard InChI is InChI=1S/C14H23N3O2S/c1-20(18,19)13-4-2-3-12(10-13)14(17-15)9-11-5-7-16-8-6-11/h5-8,12-14,17H,2-4,9-10,15H2,1H3. The molecular formula is C14H23N3O2S. The zero-order valence-corrected chi connectivity index (χ0v) is 12.6. The predicted octanol–water partition coefficient (Wildman–Crippen LogP) is 1.06. The van der Waals surface area contributed by atoms with Crippen molar-refractivity contribution in [3.05, 3.63) is 30.1 Å².